The first-order valence-corrected chi connectivity index (χ1v) is 10.3. The van der Waals surface area contributed by atoms with Gasteiger partial charge in [-0.25, -0.2) is 0 Å². The normalized spacial score (nSPS) is 25.8. The van der Waals surface area contributed by atoms with Gasteiger partial charge in [0.25, 0.3) is 0 Å². The molecule has 1 aliphatic carbocycles. The zero-order valence-electron chi connectivity index (χ0n) is 14.8. The van der Waals surface area contributed by atoms with E-state index in [2.05, 4.69) is 42.3 Å². The molecule has 1 saturated carbocycles. The molecule has 1 fully saturated rings. The van der Waals surface area contributed by atoms with Crippen molar-refractivity contribution in [3.05, 3.63) is 11.6 Å². The molecule has 4 nitrogen and oxygen atoms in total. The molecule has 2 atom stereocenters. The van der Waals surface area contributed by atoms with Gasteiger partial charge in [0.2, 0.25) is 0 Å². The SMILES string of the molecule is CCNC(=NCCC1=CCOCC1)NC1CCCC(SCC)C1. The lowest BCUT2D eigenvalue weighted by Crippen LogP contribution is -2.45. The summed E-state index contributed by atoms with van der Waals surface area (Å²) >= 11 is 2.11. The first-order valence-electron chi connectivity index (χ1n) is 9.24. The molecule has 2 aliphatic rings. The minimum Gasteiger partial charge on any atom is -0.377 e. The van der Waals surface area contributed by atoms with E-state index in [1.807, 2.05) is 0 Å². The zero-order valence-corrected chi connectivity index (χ0v) is 15.6. The molecule has 1 heterocycles. The van der Waals surface area contributed by atoms with Crippen molar-refractivity contribution in [2.24, 2.45) is 4.99 Å². The summed E-state index contributed by atoms with van der Waals surface area (Å²) < 4.78 is 5.36. The third-order valence-corrected chi connectivity index (χ3v) is 5.71. The van der Waals surface area contributed by atoms with E-state index in [-0.39, 0.29) is 0 Å². The maximum Gasteiger partial charge on any atom is 0.191 e. The van der Waals surface area contributed by atoms with Gasteiger partial charge in [0.1, 0.15) is 0 Å². The number of hydrogen-bond acceptors (Lipinski definition) is 3. The first kappa shape index (κ1) is 18.7. The van der Waals surface area contributed by atoms with E-state index < -0.39 is 0 Å². The summed E-state index contributed by atoms with van der Waals surface area (Å²) in [5.41, 5.74) is 1.49. The van der Waals surface area contributed by atoms with Crippen LogP contribution in [0.4, 0.5) is 0 Å². The summed E-state index contributed by atoms with van der Waals surface area (Å²) in [6, 6.07) is 0.577. The minimum atomic E-state index is 0.577. The summed E-state index contributed by atoms with van der Waals surface area (Å²) in [4.78, 5) is 4.78. The van der Waals surface area contributed by atoms with Crippen LogP contribution in [0, 0.1) is 0 Å². The smallest absolute Gasteiger partial charge is 0.191 e. The van der Waals surface area contributed by atoms with Gasteiger partial charge in [-0.3, -0.25) is 4.99 Å². The summed E-state index contributed by atoms with van der Waals surface area (Å²) in [6.07, 6.45) is 9.59. The van der Waals surface area contributed by atoms with Gasteiger partial charge in [0, 0.05) is 24.4 Å². The molecule has 2 unspecified atom stereocenters. The fourth-order valence-electron chi connectivity index (χ4n) is 3.28. The second kappa shape index (κ2) is 11.0. The fourth-order valence-corrected chi connectivity index (χ4v) is 4.45. The van der Waals surface area contributed by atoms with Gasteiger partial charge in [-0.2, -0.15) is 11.8 Å². The van der Waals surface area contributed by atoms with Crippen molar-refractivity contribution in [2.45, 2.75) is 63.7 Å². The number of ether oxygens (including phenoxy) is 1. The summed E-state index contributed by atoms with van der Waals surface area (Å²) in [7, 11) is 0. The maximum atomic E-state index is 5.36. The third-order valence-electron chi connectivity index (χ3n) is 4.47. The Morgan fingerprint density at radius 3 is 3.04 bits per heavy atom. The second-order valence-corrected chi connectivity index (χ2v) is 7.86. The van der Waals surface area contributed by atoms with Crippen molar-refractivity contribution in [1.29, 1.82) is 0 Å². The Kier molecular flexibility index (Phi) is 8.90. The van der Waals surface area contributed by atoms with E-state index >= 15 is 0 Å². The quantitative estimate of drug-likeness (QED) is 0.424. The van der Waals surface area contributed by atoms with Gasteiger partial charge in [-0.15, -0.1) is 0 Å². The minimum absolute atomic E-state index is 0.577. The van der Waals surface area contributed by atoms with Gasteiger partial charge in [0.15, 0.2) is 5.96 Å². The molecule has 2 N–H and O–H groups in total. The van der Waals surface area contributed by atoms with Crippen LogP contribution in [0.15, 0.2) is 16.6 Å². The fraction of sp³-hybridized carbons (Fsp3) is 0.833. The molecule has 0 saturated heterocycles. The van der Waals surface area contributed by atoms with E-state index in [0.29, 0.717) is 6.04 Å². The van der Waals surface area contributed by atoms with E-state index in [0.717, 1.165) is 50.4 Å². The lowest BCUT2D eigenvalue weighted by atomic mass is 9.95. The Labute approximate surface area is 145 Å². The van der Waals surface area contributed by atoms with E-state index in [1.165, 1.54) is 37.0 Å². The largest absolute Gasteiger partial charge is 0.377 e. The molecule has 0 amide bonds. The van der Waals surface area contributed by atoms with Gasteiger partial charge in [-0.1, -0.05) is 25.0 Å². The first-order chi connectivity index (χ1) is 11.3. The lowest BCUT2D eigenvalue weighted by molar-refractivity contribution is 0.153. The Balaban J connectivity index is 1.79. The number of hydrogen-bond donors (Lipinski definition) is 2. The lowest BCUT2D eigenvalue weighted by Gasteiger charge is -2.30. The summed E-state index contributed by atoms with van der Waals surface area (Å²) in [6.45, 7) is 7.82. The molecule has 132 valence electrons. The Morgan fingerprint density at radius 2 is 2.30 bits per heavy atom. The van der Waals surface area contributed by atoms with Crippen molar-refractivity contribution in [1.82, 2.24) is 10.6 Å². The predicted molar refractivity (Wildman–Crippen MR) is 101 cm³/mol. The van der Waals surface area contributed by atoms with Crippen LogP contribution in [0.2, 0.25) is 0 Å². The van der Waals surface area contributed by atoms with E-state index in [1.54, 1.807) is 0 Å². The Morgan fingerprint density at radius 1 is 1.39 bits per heavy atom. The highest BCUT2D eigenvalue weighted by Crippen LogP contribution is 2.28. The molecule has 0 radical (unpaired) electrons. The molecule has 0 spiro atoms. The Hall–Kier alpha value is -0.680. The molecule has 2 rings (SSSR count). The van der Waals surface area contributed by atoms with Gasteiger partial charge >= 0.3 is 0 Å². The van der Waals surface area contributed by atoms with Crippen LogP contribution in [-0.2, 0) is 4.74 Å². The van der Waals surface area contributed by atoms with Crippen LogP contribution in [0.1, 0.15) is 52.4 Å². The Bertz CT molecular complexity index is 396. The molecular weight excluding hydrogens is 306 g/mol. The van der Waals surface area contributed by atoms with Gasteiger partial charge < -0.3 is 15.4 Å². The second-order valence-electron chi connectivity index (χ2n) is 6.28. The average Bonchev–Trinajstić information content (AvgIpc) is 2.57. The van der Waals surface area contributed by atoms with Crippen molar-refractivity contribution >= 4 is 17.7 Å². The number of nitrogens with one attached hydrogen (secondary N) is 2. The molecule has 0 aromatic carbocycles. The number of thioether (sulfide) groups is 1. The van der Waals surface area contributed by atoms with Crippen LogP contribution < -0.4 is 10.6 Å². The van der Waals surface area contributed by atoms with Crippen molar-refractivity contribution in [2.75, 3.05) is 32.1 Å². The molecule has 1 aliphatic heterocycles. The maximum absolute atomic E-state index is 5.36. The van der Waals surface area contributed by atoms with Crippen LogP contribution >= 0.6 is 11.8 Å². The molecular formula is C18H33N3OS. The monoisotopic (exact) mass is 339 g/mol. The van der Waals surface area contributed by atoms with Gasteiger partial charge in [-0.05, 0) is 44.8 Å². The zero-order chi connectivity index (χ0) is 16.3. The molecule has 0 bridgehead atoms. The van der Waals surface area contributed by atoms with Crippen molar-refractivity contribution in [3.8, 4) is 0 Å². The molecule has 23 heavy (non-hydrogen) atoms. The van der Waals surface area contributed by atoms with Crippen molar-refractivity contribution < 1.29 is 4.74 Å². The number of rotatable bonds is 7. The van der Waals surface area contributed by atoms with Crippen LogP contribution in [0.3, 0.4) is 0 Å². The summed E-state index contributed by atoms with van der Waals surface area (Å²) in [5, 5.41) is 7.89. The average molecular weight is 340 g/mol. The van der Waals surface area contributed by atoms with Crippen LogP contribution in [0.25, 0.3) is 0 Å². The van der Waals surface area contributed by atoms with E-state index in [4.69, 9.17) is 9.73 Å². The van der Waals surface area contributed by atoms with Gasteiger partial charge in [0.05, 0.1) is 13.2 Å². The third kappa shape index (κ3) is 7.17. The predicted octanol–water partition coefficient (Wildman–Crippen LogP) is 3.34. The summed E-state index contributed by atoms with van der Waals surface area (Å²) in [5.74, 6) is 2.22. The standard InChI is InChI=1S/C18H33N3OS/c1-3-19-18(20-11-8-15-9-12-22-13-10-15)21-16-6-5-7-17(14-16)23-4-2/h9,16-17H,3-8,10-14H2,1-2H3,(H2,19,20,21). The highest BCUT2D eigenvalue weighted by atomic mass is 32.2. The van der Waals surface area contributed by atoms with Crippen LogP contribution in [0.5, 0.6) is 0 Å². The molecule has 5 heteroatoms. The highest BCUT2D eigenvalue weighted by molar-refractivity contribution is 7.99. The number of aliphatic imine (C=N–C) groups is 1. The van der Waals surface area contributed by atoms with E-state index in [9.17, 15) is 0 Å². The number of guanidine groups is 1. The number of nitrogens with zero attached hydrogens (tertiary/aromatic N) is 1. The molecule has 0 aromatic rings. The highest BCUT2D eigenvalue weighted by Gasteiger charge is 2.22. The van der Waals surface area contributed by atoms with Crippen molar-refractivity contribution in [3.63, 3.8) is 0 Å². The molecule has 0 aromatic heterocycles. The van der Waals surface area contributed by atoms with Crippen LogP contribution in [-0.4, -0.2) is 49.3 Å². The topological polar surface area (TPSA) is 45.7 Å².